The number of carbonyl (C=O) groups excluding carboxylic acids is 1. The summed E-state index contributed by atoms with van der Waals surface area (Å²) in [5, 5.41) is 19.6. The fourth-order valence-corrected chi connectivity index (χ4v) is 3.11. The van der Waals surface area contributed by atoms with Crippen LogP contribution in [0.25, 0.3) is 0 Å². The molecule has 160 valence electrons. The number of rotatable bonds is 9. The maximum atomic E-state index is 11.7. The van der Waals surface area contributed by atoms with Crippen LogP contribution in [0.3, 0.4) is 0 Å². The first kappa shape index (κ1) is 21.8. The van der Waals surface area contributed by atoms with E-state index in [4.69, 9.17) is 14.6 Å². The zero-order valence-electron chi connectivity index (χ0n) is 17.3. The van der Waals surface area contributed by atoms with E-state index in [0.717, 1.165) is 12.0 Å². The fourth-order valence-electron chi connectivity index (χ4n) is 3.11. The van der Waals surface area contributed by atoms with Crippen molar-refractivity contribution >= 4 is 11.8 Å². The van der Waals surface area contributed by atoms with Gasteiger partial charge in [-0.2, -0.15) is 0 Å². The van der Waals surface area contributed by atoms with Crippen LogP contribution in [0, 0.1) is 0 Å². The van der Waals surface area contributed by atoms with Gasteiger partial charge in [-0.1, -0.05) is 25.5 Å². The molecule has 0 aliphatic carbocycles. The van der Waals surface area contributed by atoms with Crippen molar-refractivity contribution < 1.29 is 29.3 Å². The number of Topliss-reactive ketones (excluding diaryl/α,β-unsaturated/α-hetero) is 1. The Morgan fingerprint density at radius 2 is 1.90 bits per heavy atom. The molecular weight excluding hydrogens is 398 g/mol. The van der Waals surface area contributed by atoms with Gasteiger partial charge in [0, 0.05) is 17.8 Å². The number of aromatic hydroxyl groups is 1. The summed E-state index contributed by atoms with van der Waals surface area (Å²) in [6.07, 6.45) is 2.74. The summed E-state index contributed by atoms with van der Waals surface area (Å²) in [6.45, 7) is 3.62. The highest BCUT2D eigenvalue weighted by Gasteiger charge is 2.16. The average Bonchev–Trinajstić information content (AvgIpc) is 2.74. The summed E-state index contributed by atoms with van der Waals surface area (Å²) in [4.78, 5) is 26.8. The molecule has 2 N–H and O–H groups in total. The normalized spacial score (nSPS) is 10.5. The molecule has 0 fully saturated rings. The second-order valence-electron chi connectivity index (χ2n) is 6.97. The predicted molar refractivity (Wildman–Crippen MR) is 114 cm³/mol. The van der Waals surface area contributed by atoms with Gasteiger partial charge in [0.1, 0.15) is 23.9 Å². The van der Waals surface area contributed by atoms with Gasteiger partial charge in [0.05, 0.1) is 11.1 Å². The Labute approximate surface area is 179 Å². The van der Waals surface area contributed by atoms with Crippen molar-refractivity contribution in [3.05, 3.63) is 77.0 Å². The van der Waals surface area contributed by atoms with Crippen molar-refractivity contribution in [3.8, 4) is 23.1 Å². The molecule has 1 aromatic heterocycles. The van der Waals surface area contributed by atoms with Crippen molar-refractivity contribution in [1.82, 2.24) is 4.98 Å². The molecule has 3 rings (SSSR count). The molecular formula is C24H23NO6. The molecule has 0 unspecified atom stereocenters. The molecule has 0 aliphatic heterocycles. The van der Waals surface area contributed by atoms with E-state index in [1.165, 1.54) is 25.3 Å². The summed E-state index contributed by atoms with van der Waals surface area (Å²) >= 11 is 0. The first-order chi connectivity index (χ1) is 14.9. The summed E-state index contributed by atoms with van der Waals surface area (Å²) < 4.78 is 11.6. The van der Waals surface area contributed by atoms with Gasteiger partial charge in [-0.05, 0) is 49.2 Å². The predicted octanol–water partition coefficient (Wildman–Crippen LogP) is 5.01. The van der Waals surface area contributed by atoms with Crippen LogP contribution in [-0.4, -0.2) is 26.9 Å². The highest BCUT2D eigenvalue weighted by Crippen LogP contribution is 2.33. The minimum absolute atomic E-state index is 0.0340. The minimum atomic E-state index is -1.06. The maximum Gasteiger partial charge on any atom is 0.335 e. The maximum absolute atomic E-state index is 11.7. The Hall–Kier alpha value is -3.87. The molecule has 0 spiro atoms. The lowest BCUT2D eigenvalue weighted by Gasteiger charge is -2.15. The van der Waals surface area contributed by atoms with E-state index < -0.39 is 5.97 Å². The van der Waals surface area contributed by atoms with E-state index in [2.05, 4.69) is 4.98 Å². The van der Waals surface area contributed by atoms with Gasteiger partial charge in [0.25, 0.3) is 0 Å². The second-order valence-corrected chi connectivity index (χ2v) is 6.97. The Kier molecular flexibility index (Phi) is 6.87. The monoisotopic (exact) mass is 421 g/mol. The molecule has 1 heterocycles. The summed E-state index contributed by atoms with van der Waals surface area (Å²) in [6, 6.07) is 13.1. The number of ketones is 1. The van der Waals surface area contributed by atoms with Crippen LogP contribution in [0.5, 0.6) is 23.1 Å². The largest absolute Gasteiger partial charge is 0.507 e. The van der Waals surface area contributed by atoms with Crippen LogP contribution in [0.2, 0.25) is 0 Å². The third-order valence-corrected chi connectivity index (χ3v) is 4.62. The number of aromatic carboxylic acids is 1. The van der Waals surface area contributed by atoms with Crippen LogP contribution in [0.4, 0.5) is 0 Å². The number of ether oxygens (including phenoxy) is 2. The molecule has 0 atom stereocenters. The number of aromatic nitrogens is 1. The number of hydrogen-bond donors (Lipinski definition) is 2. The van der Waals surface area contributed by atoms with Gasteiger partial charge in [0.15, 0.2) is 5.78 Å². The molecule has 7 heteroatoms. The summed E-state index contributed by atoms with van der Waals surface area (Å²) in [5.41, 5.74) is 1.78. The molecule has 0 amide bonds. The first-order valence-corrected chi connectivity index (χ1v) is 9.83. The number of carboxylic acids is 1. The van der Waals surface area contributed by atoms with Crippen LogP contribution < -0.4 is 9.47 Å². The van der Waals surface area contributed by atoms with Crippen molar-refractivity contribution in [2.24, 2.45) is 0 Å². The number of phenols is 1. The number of nitrogens with zero attached hydrogens (tertiary/aromatic N) is 1. The standard InChI is InChI=1S/C24H23NO6/c1-3-5-20-21(9-8-19(15(2)26)23(20)27)30-14-16-6-4-7-18(12-16)31-22-13-17(24(28)29)10-11-25-22/h4,6-13,27H,3,5,14H2,1-2H3,(H,28,29). The van der Waals surface area contributed by atoms with E-state index in [-0.39, 0.29) is 35.1 Å². The Bertz CT molecular complexity index is 1110. The lowest BCUT2D eigenvalue weighted by molar-refractivity contribution is 0.0696. The Morgan fingerprint density at radius 1 is 1.10 bits per heavy atom. The molecule has 7 nitrogen and oxygen atoms in total. The average molecular weight is 421 g/mol. The number of carboxylic acid groups (broad SMARTS) is 1. The summed E-state index contributed by atoms with van der Waals surface area (Å²) in [7, 11) is 0. The highest BCUT2D eigenvalue weighted by atomic mass is 16.5. The van der Waals surface area contributed by atoms with Gasteiger partial charge >= 0.3 is 5.97 Å². The first-order valence-electron chi connectivity index (χ1n) is 9.83. The van der Waals surface area contributed by atoms with Gasteiger partial charge in [0.2, 0.25) is 5.88 Å². The third-order valence-electron chi connectivity index (χ3n) is 4.62. The van der Waals surface area contributed by atoms with Crippen molar-refractivity contribution in [2.75, 3.05) is 0 Å². The van der Waals surface area contributed by atoms with E-state index in [1.807, 2.05) is 13.0 Å². The zero-order chi connectivity index (χ0) is 22.4. The smallest absolute Gasteiger partial charge is 0.335 e. The van der Waals surface area contributed by atoms with E-state index in [1.54, 1.807) is 30.3 Å². The SMILES string of the molecule is CCCc1c(OCc2cccc(Oc3cc(C(=O)O)ccn3)c2)ccc(C(C)=O)c1O. The third kappa shape index (κ3) is 5.39. The number of phenolic OH excluding ortho intramolecular Hbond substituents is 1. The molecule has 2 aromatic carbocycles. The highest BCUT2D eigenvalue weighted by molar-refractivity contribution is 5.97. The second kappa shape index (κ2) is 9.75. The van der Waals surface area contributed by atoms with Gasteiger partial charge in [-0.15, -0.1) is 0 Å². The molecule has 0 bridgehead atoms. The molecule has 0 saturated carbocycles. The topological polar surface area (TPSA) is 106 Å². The van der Waals surface area contributed by atoms with Crippen LogP contribution in [0.15, 0.2) is 54.7 Å². The molecule has 0 radical (unpaired) electrons. The molecule has 3 aromatic rings. The summed E-state index contributed by atoms with van der Waals surface area (Å²) in [5.74, 6) is -0.115. The Balaban J connectivity index is 1.76. The van der Waals surface area contributed by atoms with E-state index in [9.17, 15) is 14.7 Å². The number of benzene rings is 2. The molecule has 31 heavy (non-hydrogen) atoms. The zero-order valence-corrected chi connectivity index (χ0v) is 17.3. The molecule has 0 saturated heterocycles. The van der Waals surface area contributed by atoms with Crippen molar-refractivity contribution in [3.63, 3.8) is 0 Å². The minimum Gasteiger partial charge on any atom is -0.507 e. The van der Waals surface area contributed by atoms with Gasteiger partial charge in [-0.25, -0.2) is 9.78 Å². The van der Waals surface area contributed by atoms with Gasteiger partial charge in [-0.3, -0.25) is 4.79 Å². The van der Waals surface area contributed by atoms with Crippen LogP contribution in [0.1, 0.15) is 52.1 Å². The number of carbonyl (C=O) groups is 2. The van der Waals surface area contributed by atoms with Crippen LogP contribution in [-0.2, 0) is 13.0 Å². The van der Waals surface area contributed by atoms with E-state index in [0.29, 0.717) is 23.5 Å². The number of hydrogen-bond acceptors (Lipinski definition) is 6. The lowest BCUT2D eigenvalue weighted by Crippen LogP contribution is -2.02. The molecule has 0 aliphatic rings. The fraction of sp³-hybridized carbons (Fsp3) is 0.208. The number of pyridine rings is 1. The Morgan fingerprint density at radius 3 is 2.61 bits per heavy atom. The van der Waals surface area contributed by atoms with Crippen LogP contribution >= 0.6 is 0 Å². The van der Waals surface area contributed by atoms with E-state index >= 15 is 0 Å². The quantitative estimate of drug-likeness (QED) is 0.468. The van der Waals surface area contributed by atoms with Crippen molar-refractivity contribution in [2.45, 2.75) is 33.3 Å². The lowest BCUT2D eigenvalue weighted by atomic mass is 10.0. The van der Waals surface area contributed by atoms with Crippen molar-refractivity contribution in [1.29, 1.82) is 0 Å². The van der Waals surface area contributed by atoms with Gasteiger partial charge < -0.3 is 19.7 Å².